The summed E-state index contributed by atoms with van der Waals surface area (Å²) in [5.74, 6) is 2.35. The minimum absolute atomic E-state index is 0.0693. The van der Waals surface area contributed by atoms with E-state index in [-0.39, 0.29) is 11.7 Å². The van der Waals surface area contributed by atoms with Crippen LogP contribution >= 0.6 is 23.5 Å². The van der Waals surface area contributed by atoms with Gasteiger partial charge in [-0.15, -0.1) is 10.2 Å². The van der Waals surface area contributed by atoms with Gasteiger partial charge in [0.25, 0.3) is 0 Å². The van der Waals surface area contributed by atoms with Crippen LogP contribution in [0.15, 0.2) is 34.7 Å². The van der Waals surface area contributed by atoms with Gasteiger partial charge in [0.15, 0.2) is 16.1 Å². The number of carbonyl (C=O) groups is 1. The van der Waals surface area contributed by atoms with Crippen LogP contribution in [0.2, 0.25) is 0 Å². The van der Waals surface area contributed by atoms with E-state index in [0.717, 1.165) is 35.4 Å². The van der Waals surface area contributed by atoms with Crippen molar-refractivity contribution in [1.29, 1.82) is 0 Å². The Morgan fingerprint density at radius 1 is 1.44 bits per heavy atom. The second-order valence-electron chi connectivity index (χ2n) is 5.92. The van der Waals surface area contributed by atoms with E-state index >= 15 is 0 Å². The molecule has 1 amide bonds. The Bertz CT molecular complexity index is 759. The largest absolute Gasteiger partial charge is 0.305 e. The molecular weight excluding hydrogens is 356 g/mol. The van der Waals surface area contributed by atoms with E-state index in [1.807, 2.05) is 12.1 Å². The predicted molar refractivity (Wildman–Crippen MR) is 102 cm³/mol. The molecule has 2 aromatic heterocycles. The normalized spacial score (nSPS) is 14.0. The molecule has 0 aliphatic carbocycles. The molecule has 0 bridgehead atoms. The van der Waals surface area contributed by atoms with Crippen molar-refractivity contribution in [2.24, 2.45) is 10.9 Å². The lowest BCUT2D eigenvalue weighted by Crippen LogP contribution is -2.29. The van der Waals surface area contributed by atoms with Gasteiger partial charge in [-0.1, -0.05) is 37.4 Å². The zero-order chi connectivity index (χ0) is 17.6. The van der Waals surface area contributed by atoms with Gasteiger partial charge in [0, 0.05) is 30.3 Å². The molecule has 9 heteroatoms. The van der Waals surface area contributed by atoms with Gasteiger partial charge in [0.1, 0.15) is 0 Å². The van der Waals surface area contributed by atoms with Gasteiger partial charge >= 0.3 is 0 Å². The fraction of sp³-hybridized carbons (Fsp3) is 0.438. The Hall–Kier alpha value is -1.87. The van der Waals surface area contributed by atoms with E-state index < -0.39 is 0 Å². The van der Waals surface area contributed by atoms with Crippen LogP contribution in [0.5, 0.6) is 0 Å². The molecule has 0 spiro atoms. The van der Waals surface area contributed by atoms with E-state index in [9.17, 15) is 4.79 Å². The van der Waals surface area contributed by atoms with Crippen molar-refractivity contribution in [1.82, 2.24) is 25.1 Å². The molecule has 2 aromatic rings. The van der Waals surface area contributed by atoms with Gasteiger partial charge in [-0.25, -0.2) is 0 Å². The van der Waals surface area contributed by atoms with Crippen LogP contribution in [-0.2, 0) is 11.3 Å². The molecule has 0 fully saturated rings. The number of amidine groups is 1. The predicted octanol–water partition coefficient (Wildman–Crippen LogP) is 2.31. The quantitative estimate of drug-likeness (QED) is 0.779. The van der Waals surface area contributed by atoms with Gasteiger partial charge in [-0.05, 0) is 18.1 Å². The summed E-state index contributed by atoms with van der Waals surface area (Å²) in [6.45, 7) is 5.83. The summed E-state index contributed by atoms with van der Waals surface area (Å²) in [5.41, 5.74) is 0.920. The molecule has 7 nitrogen and oxygen atoms in total. The molecule has 0 aromatic carbocycles. The number of pyridine rings is 1. The number of nitrogens with one attached hydrogen (secondary N) is 1. The maximum Gasteiger partial charge on any atom is 0.236 e. The smallest absolute Gasteiger partial charge is 0.236 e. The average Bonchev–Trinajstić information content (AvgIpc) is 3.23. The zero-order valence-corrected chi connectivity index (χ0v) is 15.8. The SMILES string of the molecule is CC(C)Cn1c(SCC(=O)NC2=NCCS2)nnc1-c1cccnc1. The van der Waals surface area contributed by atoms with Crippen molar-refractivity contribution in [3.63, 3.8) is 0 Å². The Kier molecular flexibility index (Phi) is 6.09. The standard InChI is InChI=1S/C16H20N6OS2/c1-11(2)9-22-14(12-4-3-5-17-8-12)20-21-16(22)25-10-13(23)19-15-18-6-7-24-15/h3-5,8,11H,6-7,9-10H2,1-2H3,(H,18,19,23). The highest BCUT2D eigenvalue weighted by Crippen LogP contribution is 2.24. The number of thioether (sulfide) groups is 2. The fourth-order valence-corrected chi connectivity index (χ4v) is 3.82. The van der Waals surface area contributed by atoms with Crippen LogP contribution < -0.4 is 5.32 Å². The van der Waals surface area contributed by atoms with Crippen LogP contribution in [0, 0.1) is 5.92 Å². The maximum absolute atomic E-state index is 12.1. The first kappa shape index (κ1) is 17.9. The van der Waals surface area contributed by atoms with Crippen molar-refractivity contribution in [3.8, 4) is 11.4 Å². The van der Waals surface area contributed by atoms with Crippen molar-refractivity contribution in [3.05, 3.63) is 24.5 Å². The molecule has 1 aliphatic rings. The summed E-state index contributed by atoms with van der Waals surface area (Å²) in [6, 6.07) is 3.84. The third-order valence-electron chi connectivity index (χ3n) is 3.35. The number of nitrogens with zero attached hydrogens (tertiary/aromatic N) is 5. The van der Waals surface area contributed by atoms with E-state index in [4.69, 9.17) is 0 Å². The van der Waals surface area contributed by atoms with Gasteiger partial charge in [0.2, 0.25) is 5.91 Å². The first-order valence-electron chi connectivity index (χ1n) is 8.07. The summed E-state index contributed by atoms with van der Waals surface area (Å²) in [5, 5.41) is 12.9. The van der Waals surface area contributed by atoms with Gasteiger partial charge in [-0.3, -0.25) is 14.8 Å². The average molecular weight is 377 g/mol. The number of rotatable bonds is 6. The molecule has 0 saturated heterocycles. The summed E-state index contributed by atoms with van der Waals surface area (Å²) in [6.07, 6.45) is 3.51. The summed E-state index contributed by atoms with van der Waals surface area (Å²) in [4.78, 5) is 20.5. The second kappa shape index (κ2) is 8.48. The summed E-state index contributed by atoms with van der Waals surface area (Å²) >= 11 is 2.96. The lowest BCUT2D eigenvalue weighted by molar-refractivity contribution is -0.117. The van der Waals surface area contributed by atoms with Crippen LogP contribution in [0.4, 0.5) is 0 Å². The third-order valence-corrected chi connectivity index (χ3v) is 5.21. The molecule has 0 radical (unpaired) electrons. The number of amides is 1. The molecule has 0 atom stereocenters. The Morgan fingerprint density at radius 3 is 3.00 bits per heavy atom. The van der Waals surface area contributed by atoms with Crippen molar-refractivity contribution >= 4 is 34.6 Å². The first-order valence-corrected chi connectivity index (χ1v) is 10.0. The molecule has 132 valence electrons. The van der Waals surface area contributed by atoms with E-state index in [1.165, 1.54) is 11.8 Å². The van der Waals surface area contributed by atoms with Gasteiger partial charge < -0.3 is 9.88 Å². The Balaban J connectivity index is 1.72. The summed E-state index contributed by atoms with van der Waals surface area (Å²) < 4.78 is 2.06. The number of aliphatic imine (C=N–C) groups is 1. The van der Waals surface area contributed by atoms with Crippen LogP contribution in [0.3, 0.4) is 0 Å². The third kappa shape index (κ3) is 4.82. The molecule has 0 saturated carbocycles. The van der Waals surface area contributed by atoms with Crippen molar-refractivity contribution < 1.29 is 4.79 Å². The molecule has 1 N–H and O–H groups in total. The Morgan fingerprint density at radius 2 is 2.32 bits per heavy atom. The van der Waals surface area contributed by atoms with Crippen LogP contribution in [-0.4, -0.2) is 48.9 Å². The number of hydrogen-bond acceptors (Lipinski definition) is 7. The maximum atomic E-state index is 12.1. The van der Waals surface area contributed by atoms with E-state index in [0.29, 0.717) is 11.1 Å². The van der Waals surface area contributed by atoms with Crippen molar-refractivity contribution in [2.75, 3.05) is 18.1 Å². The summed E-state index contributed by atoms with van der Waals surface area (Å²) in [7, 11) is 0. The highest BCUT2D eigenvalue weighted by atomic mass is 32.2. The fourth-order valence-electron chi connectivity index (χ4n) is 2.33. The molecule has 1 aliphatic heterocycles. The van der Waals surface area contributed by atoms with Crippen LogP contribution in [0.1, 0.15) is 13.8 Å². The van der Waals surface area contributed by atoms with Gasteiger partial charge in [-0.2, -0.15) is 0 Å². The molecule has 25 heavy (non-hydrogen) atoms. The number of hydrogen-bond donors (Lipinski definition) is 1. The van der Waals surface area contributed by atoms with Crippen molar-refractivity contribution in [2.45, 2.75) is 25.5 Å². The molecule has 0 unspecified atom stereocenters. The monoisotopic (exact) mass is 376 g/mol. The zero-order valence-electron chi connectivity index (χ0n) is 14.2. The van der Waals surface area contributed by atoms with Crippen LogP contribution in [0.25, 0.3) is 11.4 Å². The molecule has 3 heterocycles. The van der Waals surface area contributed by atoms with Gasteiger partial charge in [0.05, 0.1) is 12.3 Å². The minimum atomic E-state index is -0.0693. The number of aromatic nitrogens is 4. The molecule has 3 rings (SSSR count). The highest BCUT2D eigenvalue weighted by Gasteiger charge is 2.17. The lowest BCUT2D eigenvalue weighted by atomic mass is 10.2. The first-order chi connectivity index (χ1) is 12.1. The van der Waals surface area contributed by atoms with E-state index in [2.05, 4.69) is 43.9 Å². The topological polar surface area (TPSA) is 85.1 Å². The lowest BCUT2D eigenvalue weighted by Gasteiger charge is -2.12. The minimum Gasteiger partial charge on any atom is -0.305 e. The van der Waals surface area contributed by atoms with E-state index in [1.54, 1.807) is 24.2 Å². The molecular formula is C16H20N6OS2. The highest BCUT2D eigenvalue weighted by molar-refractivity contribution is 8.14. The Labute approximate surface area is 155 Å². The second-order valence-corrected chi connectivity index (χ2v) is 7.95. The number of carbonyl (C=O) groups excluding carboxylic acids is 1.